The van der Waals surface area contributed by atoms with E-state index in [-0.39, 0.29) is 24.0 Å². The molecule has 1 aromatic carbocycles. The molecule has 5 rings (SSSR count). The van der Waals surface area contributed by atoms with Gasteiger partial charge in [-0.2, -0.15) is 0 Å². The minimum Gasteiger partial charge on any atom is -1.00 e. The van der Waals surface area contributed by atoms with E-state index in [4.69, 9.17) is 0 Å². The molecule has 0 saturated carbocycles. The normalized spacial score (nSPS) is 39.1. The van der Waals surface area contributed by atoms with Crippen LogP contribution in [0.15, 0.2) is 30.3 Å². The van der Waals surface area contributed by atoms with Crippen molar-refractivity contribution in [2.45, 2.75) is 6.42 Å². The van der Waals surface area contributed by atoms with Crippen molar-refractivity contribution in [1.82, 2.24) is 14.7 Å². The van der Waals surface area contributed by atoms with Crippen LogP contribution in [0.3, 0.4) is 0 Å². The van der Waals surface area contributed by atoms with E-state index in [0.29, 0.717) is 0 Å². The Morgan fingerprint density at radius 2 is 1.37 bits per heavy atom. The highest BCUT2D eigenvalue weighted by Gasteiger charge is 2.47. The van der Waals surface area contributed by atoms with Gasteiger partial charge < -0.3 is 24.0 Å². The number of nitrogens with zero attached hydrogens (tertiary/aromatic N) is 4. The minimum absolute atomic E-state index is 0. The number of rotatable bonds is 3. The molecule has 19 heavy (non-hydrogen) atoms. The van der Waals surface area contributed by atoms with Crippen LogP contribution >= 0.6 is 0 Å². The largest absolute Gasteiger partial charge is 1.00 e. The maximum Gasteiger partial charge on any atom is 0.139 e. The average molecular weight is 372 g/mol. The fraction of sp³-hybridized carbons (Fsp3) is 0.571. The van der Waals surface area contributed by atoms with Gasteiger partial charge >= 0.3 is 0 Å². The lowest BCUT2D eigenvalue weighted by molar-refractivity contribution is -0.980. The summed E-state index contributed by atoms with van der Waals surface area (Å²) in [6, 6.07) is 10.9. The SMILES string of the molecule is [I-].c1ccc(CC[N+]23CN4CN(CN(C4)C2)C3)cc1. The van der Waals surface area contributed by atoms with Gasteiger partial charge in [-0.1, -0.05) is 30.3 Å². The van der Waals surface area contributed by atoms with Gasteiger partial charge in [0.2, 0.25) is 0 Å². The van der Waals surface area contributed by atoms with Crippen molar-refractivity contribution in [1.29, 1.82) is 0 Å². The molecule has 0 N–H and O–H groups in total. The van der Waals surface area contributed by atoms with Crippen molar-refractivity contribution < 1.29 is 28.5 Å². The highest BCUT2D eigenvalue weighted by atomic mass is 127. The second-order valence-corrected chi connectivity index (χ2v) is 6.16. The number of hydrogen-bond donors (Lipinski definition) is 0. The zero-order chi connectivity index (χ0) is 12.0. The van der Waals surface area contributed by atoms with Gasteiger partial charge in [-0.3, -0.25) is 4.48 Å². The maximum absolute atomic E-state index is 2.58. The van der Waals surface area contributed by atoms with E-state index in [0.717, 1.165) is 0 Å². The molecule has 4 aliphatic rings. The molecular formula is C14H21IN4. The van der Waals surface area contributed by atoms with Gasteiger partial charge in [-0.15, -0.1) is 0 Å². The molecule has 5 heteroatoms. The van der Waals surface area contributed by atoms with Crippen LogP contribution in [-0.2, 0) is 6.42 Å². The molecule has 4 aliphatic heterocycles. The topological polar surface area (TPSA) is 9.72 Å². The first kappa shape index (κ1) is 13.8. The Balaban J connectivity index is 0.00000110. The fourth-order valence-electron chi connectivity index (χ4n) is 3.88. The molecule has 0 unspecified atom stereocenters. The van der Waals surface area contributed by atoms with Crippen molar-refractivity contribution in [3.8, 4) is 0 Å². The van der Waals surface area contributed by atoms with Crippen LogP contribution in [0, 0.1) is 0 Å². The zero-order valence-corrected chi connectivity index (χ0v) is 13.4. The average Bonchev–Trinajstić information content (AvgIpc) is 2.36. The van der Waals surface area contributed by atoms with E-state index in [1.807, 2.05) is 0 Å². The Labute approximate surface area is 132 Å². The first-order valence-electron chi connectivity index (χ1n) is 6.88. The summed E-state index contributed by atoms with van der Waals surface area (Å²) in [5, 5.41) is 0. The molecule has 0 atom stereocenters. The third kappa shape index (κ3) is 2.67. The Morgan fingerprint density at radius 3 is 1.89 bits per heavy atom. The van der Waals surface area contributed by atoms with Gasteiger partial charge in [0.25, 0.3) is 0 Å². The van der Waals surface area contributed by atoms with E-state index in [1.54, 1.807) is 0 Å². The van der Waals surface area contributed by atoms with E-state index in [9.17, 15) is 0 Å². The number of quaternary nitrogens is 1. The zero-order valence-electron chi connectivity index (χ0n) is 11.2. The van der Waals surface area contributed by atoms with Gasteiger partial charge in [0.05, 0.1) is 26.6 Å². The van der Waals surface area contributed by atoms with Crippen LogP contribution in [0.2, 0.25) is 0 Å². The molecule has 0 radical (unpaired) electrons. The van der Waals surface area contributed by atoms with Gasteiger partial charge in [0, 0.05) is 6.42 Å². The number of hydrogen-bond acceptors (Lipinski definition) is 3. The fourth-order valence-corrected chi connectivity index (χ4v) is 3.88. The van der Waals surface area contributed by atoms with Crippen LogP contribution < -0.4 is 24.0 Å². The third-order valence-corrected chi connectivity index (χ3v) is 4.42. The van der Waals surface area contributed by atoms with Crippen molar-refractivity contribution >= 4 is 0 Å². The molecule has 4 fully saturated rings. The molecule has 0 spiro atoms. The first-order chi connectivity index (χ1) is 8.81. The van der Waals surface area contributed by atoms with Crippen molar-refractivity contribution in [2.75, 3.05) is 46.6 Å². The van der Waals surface area contributed by atoms with Crippen molar-refractivity contribution in [3.05, 3.63) is 35.9 Å². The number of halogens is 1. The predicted octanol–water partition coefficient (Wildman–Crippen LogP) is -2.26. The predicted molar refractivity (Wildman–Crippen MR) is 70.0 cm³/mol. The molecular weight excluding hydrogens is 351 g/mol. The monoisotopic (exact) mass is 372 g/mol. The van der Waals surface area contributed by atoms with Crippen LogP contribution in [0.25, 0.3) is 0 Å². The van der Waals surface area contributed by atoms with E-state index in [2.05, 4.69) is 45.0 Å². The standard InChI is InChI=1S/C14H21N4.HI/c1-2-4-14(5-3-1)6-7-18-11-15-8-16(12-18)10-17(9-15)13-18;/h1-5H,6-13H2;1H/q+1;/p-1. The number of benzene rings is 1. The molecule has 4 heterocycles. The molecule has 0 aliphatic carbocycles. The third-order valence-electron chi connectivity index (χ3n) is 4.42. The van der Waals surface area contributed by atoms with Crippen molar-refractivity contribution in [3.63, 3.8) is 0 Å². The summed E-state index contributed by atoms with van der Waals surface area (Å²) in [5.41, 5.74) is 1.48. The van der Waals surface area contributed by atoms with Crippen molar-refractivity contribution in [2.24, 2.45) is 0 Å². The van der Waals surface area contributed by atoms with Gasteiger partial charge in [-0.05, 0) is 5.56 Å². The Hall–Kier alpha value is -0.210. The summed E-state index contributed by atoms with van der Waals surface area (Å²) in [7, 11) is 0. The van der Waals surface area contributed by atoms with E-state index in [1.165, 1.54) is 63.0 Å². The highest BCUT2D eigenvalue weighted by molar-refractivity contribution is 5.14. The molecule has 4 saturated heterocycles. The summed E-state index contributed by atoms with van der Waals surface area (Å²) in [4.78, 5) is 7.75. The summed E-state index contributed by atoms with van der Waals surface area (Å²) in [6.07, 6.45) is 1.20. The molecule has 0 amide bonds. The summed E-state index contributed by atoms with van der Waals surface area (Å²) in [6.45, 7) is 8.57. The van der Waals surface area contributed by atoms with Gasteiger partial charge in [0.1, 0.15) is 20.0 Å². The quantitative estimate of drug-likeness (QED) is 0.438. The van der Waals surface area contributed by atoms with Gasteiger partial charge in [0.15, 0.2) is 0 Å². The van der Waals surface area contributed by atoms with E-state index >= 15 is 0 Å². The highest BCUT2D eigenvalue weighted by Crippen LogP contribution is 2.28. The molecule has 4 bridgehead atoms. The summed E-state index contributed by atoms with van der Waals surface area (Å²) >= 11 is 0. The lowest BCUT2D eigenvalue weighted by Gasteiger charge is -2.60. The van der Waals surface area contributed by atoms with Crippen LogP contribution in [0.5, 0.6) is 0 Å². The molecule has 1 aromatic rings. The second-order valence-electron chi connectivity index (χ2n) is 6.16. The lowest BCUT2D eigenvalue weighted by Crippen LogP contribution is -3.00. The van der Waals surface area contributed by atoms with Crippen LogP contribution in [-0.4, -0.2) is 65.7 Å². The molecule has 4 nitrogen and oxygen atoms in total. The Bertz CT molecular complexity index is 401. The van der Waals surface area contributed by atoms with E-state index < -0.39 is 0 Å². The maximum atomic E-state index is 2.58. The summed E-state index contributed by atoms with van der Waals surface area (Å²) in [5.74, 6) is 0. The van der Waals surface area contributed by atoms with Crippen LogP contribution in [0.4, 0.5) is 0 Å². The second kappa shape index (κ2) is 5.29. The minimum atomic E-state index is 0. The molecule has 104 valence electrons. The smallest absolute Gasteiger partial charge is 0.139 e. The first-order valence-corrected chi connectivity index (χ1v) is 6.88. The Kier molecular flexibility index (Phi) is 3.83. The molecule has 0 aromatic heterocycles. The van der Waals surface area contributed by atoms with Gasteiger partial charge in [-0.25, -0.2) is 14.7 Å². The Morgan fingerprint density at radius 1 is 0.842 bits per heavy atom. The van der Waals surface area contributed by atoms with Crippen LogP contribution in [0.1, 0.15) is 5.56 Å². The summed E-state index contributed by atoms with van der Waals surface area (Å²) < 4.78 is 1.24. The lowest BCUT2D eigenvalue weighted by atomic mass is 10.1.